The van der Waals surface area contributed by atoms with Crippen LogP contribution in [-0.4, -0.2) is 34.2 Å². The summed E-state index contributed by atoms with van der Waals surface area (Å²) in [5.41, 5.74) is 0.0549. The van der Waals surface area contributed by atoms with Gasteiger partial charge < -0.3 is 9.88 Å². The second kappa shape index (κ2) is 5.11. The van der Waals surface area contributed by atoms with Crippen molar-refractivity contribution in [3.8, 4) is 0 Å². The highest BCUT2D eigenvalue weighted by Crippen LogP contribution is 2.03. The molecule has 0 saturated carbocycles. The summed E-state index contributed by atoms with van der Waals surface area (Å²) in [5.74, 6) is -0.181. The molecule has 1 amide bonds. The van der Waals surface area contributed by atoms with Gasteiger partial charge in [-0.3, -0.25) is 9.59 Å². The molecule has 1 atom stereocenters. The molecule has 1 aromatic heterocycles. The van der Waals surface area contributed by atoms with Gasteiger partial charge in [0, 0.05) is 24.5 Å². The number of aromatic nitrogens is 1. The van der Waals surface area contributed by atoms with Gasteiger partial charge in [-0.15, -0.1) is 0 Å². The smallest absolute Gasteiger partial charge is 0.270 e. The van der Waals surface area contributed by atoms with Crippen LogP contribution in [0.1, 0.15) is 17.4 Å². The largest absolute Gasteiger partial charge is 0.339 e. The van der Waals surface area contributed by atoms with Gasteiger partial charge in [0.2, 0.25) is 5.56 Å². The van der Waals surface area contributed by atoms with E-state index < -0.39 is 0 Å². The Hall–Kier alpha value is -1.10. The summed E-state index contributed by atoms with van der Waals surface area (Å²) >= 11 is 3.36. The van der Waals surface area contributed by atoms with Crippen LogP contribution in [0.25, 0.3) is 0 Å². The fourth-order valence-electron chi connectivity index (χ4n) is 1.24. The highest BCUT2D eigenvalue weighted by atomic mass is 79.9. The monoisotopic (exact) mass is 272 g/mol. The van der Waals surface area contributed by atoms with Crippen LogP contribution in [0.15, 0.2) is 23.0 Å². The number of pyridine rings is 1. The van der Waals surface area contributed by atoms with Crippen molar-refractivity contribution in [1.29, 1.82) is 0 Å². The minimum absolute atomic E-state index is 0.181. The van der Waals surface area contributed by atoms with E-state index in [-0.39, 0.29) is 16.3 Å². The van der Waals surface area contributed by atoms with Gasteiger partial charge in [-0.2, -0.15) is 0 Å². The number of halogens is 1. The molecule has 1 heterocycles. The molecule has 4 nitrogen and oxygen atoms in total. The van der Waals surface area contributed by atoms with Crippen LogP contribution in [0.3, 0.4) is 0 Å². The number of aromatic amines is 1. The summed E-state index contributed by atoms with van der Waals surface area (Å²) in [7, 11) is 1.70. The van der Waals surface area contributed by atoms with E-state index in [1.165, 1.54) is 6.07 Å². The predicted octanol–water partition coefficient (Wildman–Crippen LogP) is 1.23. The summed E-state index contributed by atoms with van der Waals surface area (Å²) < 4.78 is 0. The molecule has 15 heavy (non-hydrogen) atoms. The predicted molar refractivity (Wildman–Crippen MR) is 62.4 cm³/mol. The number of amides is 1. The summed E-state index contributed by atoms with van der Waals surface area (Å²) in [4.78, 5) is 27.1. The van der Waals surface area contributed by atoms with Crippen molar-refractivity contribution in [2.24, 2.45) is 0 Å². The van der Waals surface area contributed by atoms with Crippen molar-refractivity contribution in [3.05, 3.63) is 34.2 Å². The second-order valence-electron chi connectivity index (χ2n) is 3.40. The molecular formula is C10H13BrN2O2. The molecule has 82 valence electrons. The number of carbonyl (C=O) groups excluding carboxylic acids is 1. The van der Waals surface area contributed by atoms with Crippen molar-refractivity contribution >= 4 is 21.8 Å². The van der Waals surface area contributed by atoms with Gasteiger partial charge in [0.05, 0.1) is 0 Å². The van der Waals surface area contributed by atoms with Crippen molar-refractivity contribution in [1.82, 2.24) is 9.88 Å². The van der Waals surface area contributed by atoms with Gasteiger partial charge in [0.15, 0.2) is 0 Å². The fraction of sp³-hybridized carbons (Fsp3) is 0.400. The lowest BCUT2D eigenvalue weighted by Crippen LogP contribution is -2.32. The van der Waals surface area contributed by atoms with Crippen LogP contribution < -0.4 is 5.56 Å². The molecule has 1 N–H and O–H groups in total. The van der Waals surface area contributed by atoms with Crippen molar-refractivity contribution in [3.63, 3.8) is 0 Å². The molecule has 1 unspecified atom stereocenters. The zero-order valence-electron chi connectivity index (χ0n) is 8.66. The van der Waals surface area contributed by atoms with Gasteiger partial charge >= 0.3 is 0 Å². The Balaban J connectivity index is 2.80. The maximum Gasteiger partial charge on any atom is 0.270 e. The number of hydrogen-bond acceptors (Lipinski definition) is 2. The summed E-state index contributed by atoms with van der Waals surface area (Å²) in [5, 5.41) is 0. The van der Waals surface area contributed by atoms with E-state index >= 15 is 0 Å². The van der Waals surface area contributed by atoms with Gasteiger partial charge in [-0.25, -0.2) is 0 Å². The topological polar surface area (TPSA) is 53.2 Å². The van der Waals surface area contributed by atoms with Crippen LogP contribution >= 0.6 is 15.9 Å². The van der Waals surface area contributed by atoms with Crippen molar-refractivity contribution < 1.29 is 4.79 Å². The van der Waals surface area contributed by atoms with E-state index in [0.29, 0.717) is 12.2 Å². The third-order valence-electron chi connectivity index (χ3n) is 1.87. The lowest BCUT2D eigenvalue weighted by atomic mass is 10.3. The average Bonchev–Trinajstić information content (AvgIpc) is 2.15. The number of nitrogens with zero attached hydrogens (tertiary/aromatic N) is 1. The van der Waals surface area contributed by atoms with Gasteiger partial charge in [0.1, 0.15) is 5.69 Å². The standard InChI is InChI=1S/C10H13BrN2O2/c1-7(11)6-13(2)10(15)8-4-3-5-9(14)12-8/h3-5,7H,6H2,1-2H3,(H,12,14). The van der Waals surface area contributed by atoms with E-state index in [1.807, 2.05) is 6.92 Å². The van der Waals surface area contributed by atoms with E-state index in [0.717, 1.165) is 0 Å². The molecular weight excluding hydrogens is 260 g/mol. The number of hydrogen-bond donors (Lipinski definition) is 1. The Labute approximate surface area is 96.4 Å². The first-order valence-corrected chi connectivity index (χ1v) is 5.51. The lowest BCUT2D eigenvalue weighted by Gasteiger charge is -2.18. The number of alkyl halides is 1. The number of H-pyrrole nitrogens is 1. The Morgan fingerprint density at radius 1 is 1.60 bits per heavy atom. The molecule has 1 aromatic rings. The molecule has 0 bridgehead atoms. The zero-order chi connectivity index (χ0) is 11.4. The number of carbonyl (C=O) groups is 1. The summed E-state index contributed by atoms with van der Waals surface area (Å²) in [6.07, 6.45) is 0. The molecule has 0 saturated heterocycles. The number of rotatable bonds is 3. The maximum atomic E-state index is 11.8. The Morgan fingerprint density at radius 3 is 2.80 bits per heavy atom. The first-order valence-electron chi connectivity index (χ1n) is 4.59. The third kappa shape index (κ3) is 3.51. The highest BCUT2D eigenvalue weighted by Gasteiger charge is 2.13. The SMILES string of the molecule is CC(Br)CN(C)C(=O)c1cccc(=O)[nH]1. The molecule has 0 aliphatic heterocycles. The Bertz CT molecular complexity index is 400. The van der Waals surface area contributed by atoms with Gasteiger partial charge in [-0.1, -0.05) is 28.9 Å². The zero-order valence-corrected chi connectivity index (χ0v) is 10.2. The summed E-state index contributed by atoms with van der Waals surface area (Å²) in [6, 6.07) is 4.54. The van der Waals surface area contributed by atoms with Crippen LogP contribution in [0.5, 0.6) is 0 Å². The van der Waals surface area contributed by atoms with E-state index in [9.17, 15) is 9.59 Å². The Kier molecular flexibility index (Phi) is 4.08. The fourth-order valence-corrected chi connectivity index (χ4v) is 1.67. The number of nitrogens with one attached hydrogen (secondary N) is 1. The molecule has 0 spiro atoms. The minimum Gasteiger partial charge on any atom is -0.339 e. The van der Waals surface area contributed by atoms with Crippen LogP contribution in [0, 0.1) is 0 Å². The minimum atomic E-state index is -0.263. The Morgan fingerprint density at radius 2 is 2.27 bits per heavy atom. The maximum absolute atomic E-state index is 11.8. The molecule has 0 aliphatic rings. The normalized spacial score (nSPS) is 12.2. The molecule has 0 aromatic carbocycles. The molecule has 5 heteroatoms. The van der Waals surface area contributed by atoms with Crippen LogP contribution in [0.4, 0.5) is 0 Å². The first-order chi connectivity index (χ1) is 7.00. The quantitative estimate of drug-likeness (QED) is 0.842. The van der Waals surface area contributed by atoms with E-state index in [2.05, 4.69) is 20.9 Å². The lowest BCUT2D eigenvalue weighted by molar-refractivity contribution is 0.0791. The third-order valence-corrected chi connectivity index (χ3v) is 2.16. The molecule has 0 aliphatic carbocycles. The molecule has 0 fully saturated rings. The summed E-state index contributed by atoms with van der Waals surface area (Å²) in [6.45, 7) is 2.55. The average molecular weight is 273 g/mol. The van der Waals surface area contributed by atoms with Crippen molar-refractivity contribution in [2.75, 3.05) is 13.6 Å². The molecule has 1 rings (SSSR count). The van der Waals surface area contributed by atoms with Crippen LogP contribution in [0.2, 0.25) is 0 Å². The van der Waals surface area contributed by atoms with E-state index in [1.54, 1.807) is 24.1 Å². The van der Waals surface area contributed by atoms with Gasteiger partial charge in [-0.05, 0) is 6.07 Å². The molecule has 0 radical (unpaired) electrons. The second-order valence-corrected chi connectivity index (χ2v) is 4.96. The van der Waals surface area contributed by atoms with Crippen LogP contribution in [-0.2, 0) is 0 Å². The highest BCUT2D eigenvalue weighted by molar-refractivity contribution is 9.09. The van der Waals surface area contributed by atoms with Gasteiger partial charge in [0.25, 0.3) is 5.91 Å². The van der Waals surface area contributed by atoms with Crippen molar-refractivity contribution in [2.45, 2.75) is 11.8 Å². The van der Waals surface area contributed by atoms with E-state index in [4.69, 9.17) is 0 Å². The first kappa shape index (κ1) is 12.0.